The molecule has 0 radical (unpaired) electrons. The summed E-state index contributed by atoms with van der Waals surface area (Å²) in [5.41, 5.74) is 4.00. The normalized spacial score (nSPS) is 11.2. The maximum atomic E-state index is 3.05. The SMILES string of the molecule is CC1=CC[C-]=C1.[F-].[F-].[Zr+2]=[C](c1ccccc1)c1ccccc1.c1ccc2c(c1)[cH-]c1ccccc12. The van der Waals surface area contributed by atoms with Gasteiger partial charge in [0.25, 0.3) is 0 Å². The van der Waals surface area contributed by atoms with Gasteiger partial charge in [0, 0.05) is 0 Å². The molecule has 0 aliphatic heterocycles. The number of hydrogen-bond acceptors (Lipinski definition) is 0. The summed E-state index contributed by atoms with van der Waals surface area (Å²) in [5.74, 6) is 0. The molecule has 5 aromatic carbocycles. The third kappa shape index (κ3) is 7.67. The molecule has 5 aromatic rings. The molecule has 1 aliphatic carbocycles. The minimum absolute atomic E-state index is 0. The molecule has 3 heteroatoms. The minimum Gasteiger partial charge on any atom is -0.126 e. The smallest absolute Gasteiger partial charge is 0.0771 e. The van der Waals surface area contributed by atoms with E-state index in [0.717, 1.165) is 6.42 Å². The van der Waals surface area contributed by atoms with Gasteiger partial charge in [-0.1, -0.05) is 36.4 Å². The van der Waals surface area contributed by atoms with Gasteiger partial charge in [-0.15, -0.1) is 53.1 Å². The zero-order chi connectivity index (χ0) is 22.9. The number of fused-ring (bicyclic) bond motifs is 3. The number of allylic oxidation sites excluding steroid dienone is 4. The summed E-state index contributed by atoms with van der Waals surface area (Å²) >= 11 is 1.46. The second-order valence-electron chi connectivity index (χ2n) is 7.93. The standard InChI is InChI=1S/C13H9.C13H10.C6H7.2FH.Zr/c1-3-7-12-10(5-1)9-11-6-2-4-8-13(11)12;1-3-7-12(8-4-1)11-13-9-5-2-6-10-13;1-6-4-2-3-5-6;;;/h1-9H;1-10H;4-5H,2H2,1H3;2*1H;/q-1;;-1;;;+2/p-2. The van der Waals surface area contributed by atoms with E-state index >= 15 is 0 Å². The van der Waals surface area contributed by atoms with E-state index in [1.165, 1.54) is 65.7 Å². The topological polar surface area (TPSA) is 0 Å². The molecule has 0 fully saturated rings. The molecule has 0 bridgehead atoms. The average molecular weight is 540 g/mol. The van der Waals surface area contributed by atoms with Crippen LogP contribution in [0.15, 0.2) is 133 Å². The third-order valence-corrected chi connectivity index (χ3v) is 6.94. The van der Waals surface area contributed by atoms with E-state index in [1.54, 1.807) is 0 Å². The van der Waals surface area contributed by atoms with Gasteiger partial charge in [-0.3, -0.25) is 6.08 Å². The van der Waals surface area contributed by atoms with Gasteiger partial charge in [0.15, 0.2) is 0 Å². The van der Waals surface area contributed by atoms with E-state index in [9.17, 15) is 0 Å². The first-order valence-corrected chi connectivity index (χ1v) is 12.4. The monoisotopic (exact) mass is 538 g/mol. The fraction of sp³-hybridized carbons (Fsp3) is 0.0625. The van der Waals surface area contributed by atoms with Crippen LogP contribution in [0, 0.1) is 6.08 Å². The Labute approximate surface area is 221 Å². The summed E-state index contributed by atoms with van der Waals surface area (Å²) in [7, 11) is 0. The zero-order valence-corrected chi connectivity index (χ0v) is 22.0. The van der Waals surface area contributed by atoms with E-state index in [2.05, 4.69) is 134 Å². The van der Waals surface area contributed by atoms with Gasteiger partial charge in [-0.05, 0) is 0 Å². The van der Waals surface area contributed by atoms with E-state index in [-0.39, 0.29) is 9.41 Å². The Kier molecular flexibility index (Phi) is 11.5. The summed E-state index contributed by atoms with van der Waals surface area (Å²) in [4.78, 5) is 0. The summed E-state index contributed by atoms with van der Waals surface area (Å²) < 4.78 is 1.42. The average Bonchev–Trinajstić information content (AvgIpc) is 3.52. The van der Waals surface area contributed by atoms with Crippen molar-refractivity contribution in [2.24, 2.45) is 0 Å². The van der Waals surface area contributed by atoms with Crippen LogP contribution in [0.5, 0.6) is 0 Å². The van der Waals surface area contributed by atoms with Crippen LogP contribution in [-0.2, 0) is 24.2 Å². The van der Waals surface area contributed by atoms with Crippen LogP contribution in [0.2, 0.25) is 0 Å². The molecule has 0 heterocycles. The van der Waals surface area contributed by atoms with Crippen molar-refractivity contribution < 1.29 is 33.6 Å². The molecule has 0 saturated carbocycles. The first kappa shape index (κ1) is 28.1. The summed E-state index contributed by atoms with van der Waals surface area (Å²) in [6, 6.07) is 40.4. The van der Waals surface area contributed by atoms with Crippen molar-refractivity contribution >= 4 is 24.8 Å². The van der Waals surface area contributed by atoms with Crippen LogP contribution in [-0.4, -0.2) is 3.21 Å². The Morgan fingerprint density at radius 2 is 1.09 bits per heavy atom. The second kappa shape index (κ2) is 14.3. The first-order chi connectivity index (χ1) is 16.2. The van der Waals surface area contributed by atoms with Crippen LogP contribution in [0.1, 0.15) is 24.5 Å². The fourth-order valence-electron chi connectivity index (χ4n) is 3.78. The largest absolute Gasteiger partial charge is 0.126 e. The van der Waals surface area contributed by atoms with Crippen molar-refractivity contribution in [3.8, 4) is 0 Å². The molecule has 0 N–H and O–H groups in total. The number of hydrogen-bond donors (Lipinski definition) is 0. The zero-order valence-electron chi connectivity index (χ0n) is 19.6. The molecule has 0 atom stereocenters. The minimum atomic E-state index is 0. The molecule has 174 valence electrons. The van der Waals surface area contributed by atoms with Crippen molar-refractivity contribution in [3.05, 3.63) is 150 Å². The molecule has 0 spiro atoms. The molecular weight excluding hydrogens is 514 g/mol. The van der Waals surface area contributed by atoms with Crippen molar-refractivity contribution in [1.82, 2.24) is 0 Å². The quantitative estimate of drug-likeness (QED) is 0.302. The second-order valence-corrected chi connectivity index (χ2v) is 9.16. The van der Waals surface area contributed by atoms with E-state index in [4.69, 9.17) is 0 Å². The van der Waals surface area contributed by atoms with Crippen molar-refractivity contribution in [2.75, 3.05) is 0 Å². The van der Waals surface area contributed by atoms with Crippen LogP contribution in [0.3, 0.4) is 0 Å². The summed E-state index contributed by atoms with van der Waals surface area (Å²) in [5, 5.41) is 5.39. The van der Waals surface area contributed by atoms with Gasteiger partial charge in [-0.25, -0.2) is 11.6 Å². The fourth-order valence-corrected chi connectivity index (χ4v) is 4.60. The predicted octanol–water partition coefficient (Wildman–Crippen LogP) is 2.22. The van der Waals surface area contributed by atoms with Gasteiger partial charge < -0.3 is 9.41 Å². The predicted molar refractivity (Wildman–Crippen MR) is 139 cm³/mol. The maximum absolute atomic E-state index is 3.05. The Morgan fingerprint density at radius 3 is 1.46 bits per heavy atom. The molecule has 6 rings (SSSR count). The van der Waals surface area contributed by atoms with E-state index in [1.807, 2.05) is 6.08 Å². The number of benzene rings is 4. The van der Waals surface area contributed by atoms with Gasteiger partial charge in [0.05, 0.1) is 0 Å². The molecule has 0 aromatic heterocycles. The Balaban J connectivity index is 0.000000192. The van der Waals surface area contributed by atoms with Crippen molar-refractivity contribution in [2.45, 2.75) is 13.3 Å². The van der Waals surface area contributed by atoms with Crippen molar-refractivity contribution in [1.29, 1.82) is 0 Å². The van der Waals surface area contributed by atoms with Crippen LogP contribution >= 0.6 is 0 Å². The number of rotatable bonds is 2. The van der Waals surface area contributed by atoms with Gasteiger partial charge >= 0.3 is 99.2 Å². The summed E-state index contributed by atoms with van der Waals surface area (Å²) in [6.45, 7) is 2.08. The molecule has 0 nitrogen and oxygen atoms in total. The maximum Gasteiger partial charge on any atom is -0.0771 e. The van der Waals surface area contributed by atoms with Crippen LogP contribution < -0.4 is 9.41 Å². The Morgan fingerprint density at radius 1 is 0.657 bits per heavy atom. The van der Waals surface area contributed by atoms with Gasteiger partial charge in [0.2, 0.25) is 0 Å². The first-order valence-electron chi connectivity index (χ1n) is 11.2. The van der Waals surface area contributed by atoms with Crippen LogP contribution in [0.25, 0.3) is 21.5 Å². The van der Waals surface area contributed by atoms with E-state index in [0.29, 0.717) is 0 Å². The molecule has 0 saturated heterocycles. The molecular formula is C32H26F2Zr-2. The Hall–Kier alpha value is -3.16. The molecule has 1 aliphatic rings. The van der Waals surface area contributed by atoms with E-state index < -0.39 is 0 Å². The Bertz CT molecular complexity index is 1300. The summed E-state index contributed by atoms with van der Waals surface area (Å²) in [6.07, 6.45) is 8.24. The third-order valence-electron chi connectivity index (χ3n) is 5.52. The van der Waals surface area contributed by atoms with Gasteiger partial charge in [-0.2, -0.15) is 6.08 Å². The number of halogens is 2. The van der Waals surface area contributed by atoms with Crippen LogP contribution in [0.4, 0.5) is 0 Å². The molecule has 35 heavy (non-hydrogen) atoms. The van der Waals surface area contributed by atoms with Crippen molar-refractivity contribution in [3.63, 3.8) is 0 Å². The molecule has 0 unspecified atom stereocenters. The van der Waals surface area contributed by atoms with Gasteiger partial charge in [0.1, 0.15) is 0 Å². The molecule has 0 amide bonds.